The van der Waals surface area contributed by atoms with E-state index in [-0.39, 0.29) is 0 Å². The van der Waals surface area contributed by atoms with Crippen LogP contribution in [0.2, 0.25) is 0 Å². The lowest BCUT2D eigenvalue weighted by Crippen LogP contribution is -2.18. The highest BCUT2D eigenvalue weighted by molar-refractivity contribution is 5.13. The van der Waals surface area contributed by atoms with E-state index >= 15 is 0 Å². The van der Waals surface area contributed by atoms with Crippen molar-refractivity contribution in [1.82, 2.24) is 0 Å². The van der Waals surface area contributed by atoms with Crippen LogP contribution in [0.3, 0.4) is 0 Å². The third kappa shape index (κ3) is 1.44. The van der Waals surface area contributed by atoms with Gasteiger partial charge in [-0.25, -0.2) is 6.57 Å². The molecule has 0 rings (SSSR count). The van der Waals surface area contributed by atoms with Crippen LogP contribution in [-0.4, -0.2) is 5.54 Å². The van der Waals surface area contributed by atoms with E-state index in [2.05, 4.69) is 4.85 Å². The standard InChI is InChI=1S/C7H10N2/c1-4-7(5-2,6-8)9-3/h4-5H2,1-2H3. The van der Waals surface area contributed by atoms with Gasteiger partial charge in [-0.1, -0.05) is 13.8 Å². The Morgan fingerprint density at radius 1 is 1.56 bits per heavy atom. The number of rotatable bonds is 2. The highest BCUT2D eigenvalue weighted by Gasteiger charge is 2.31. The molecule has 0 aliphatic heterocycles. The van der Waals surface area contributed by atoms with Gasteiger partial charge in [-0.15, -0.1) is 0 Å². The third-order valence-electron chi connectivity index (χ3n) is 1.59. The molecular weight excluding hydrogens is 112 g/mol. The van der Waals surface area contributed by atoms with Gasteiger partial charge in [0.25, 0.3) is 0 Å². The maximum Gasteiger partial charge on any atom is 0.315 e. The average molecular weight is 122 g/mol. The lowest BCUT2D eigenvalue weighted by molar-refractivity contribution is 0.588. The van der Waals surface area contributed by atoms with Gasteiger partial charge in [0.05, 0.1) is 0 Å². The molecule has 0 saturated heterocycles. The average Bonchev–Trinajstić information content (AvgIpc) is 1.95. The quantitative estimate of drug-likeness (QED) is 0.515. The van der Waals surface area contributed by atoms with Gasteiger partial charge >= 0.3 is 5.54 Å². The molecule has 0 amide bonds. The van der Waals surface area contributed by atoms with E-state index in [1.807, 2.05) is 19.9 Å². The van der Waals surface area contributed by atoms with Crippen molar-refractivity contribution >= 4 is 0 Å². The summed E-state index contributed by atoms with van der Waals surface area (Å²) in [7, 11) is 0. The fourth-order valence-electron chi connectivity index (χ4n) is 0.591. The van der Waals surface area contributed by atoms with Crippen molar-refractivity contribution < 1.29 is 0 Å². The second kappa shape index (κ2) is 3.10. The maximum atomic E-state index is 8.51. The molecule has 0 N–H and O–H groups in total. The Morgan fingerprint density at radius 3 is 2.00 bits per heavy atom. The summed E-state index contributed by atoms with van der Waals surface area (Å²) in [4.78, 5) is 3.26. The predicted molar refractivity (Wildman–Crippen MR) is 35.5 cm³/mol. The summed E-state index contributed by atoms with van der Waals surface area (Å²) in [6.07, 6.45) is 1.26. The van der Waals surface area contributed by atoms with Gasteiger partial charge in [0, 0.05) is 12.8 Å². The minimum atomic E-state index is -0.736. The molecule has 0 aliphatic rings. The van der Waals surface area contributed by atoms with Gasteiger partial charge in [-0.3, -0.25) is 4.85 Å². The Balaban J connectivity index is 4.28. The molecule has 0 aromatic carbocycles. The summed E-state index contributed by atoms with van der Waals surface area (Å²) in [5.41, 5.74) is -0.736. The minimum absolute atomic E-state index is 0.628. The van der Waals surface area contributed by atoms with E-state index in [0.29, 0.717) is 12.8 Å². The second-order valence-electron chi connectivity index (χ2n) is 1.96. The largest absolute Gasteiger partial charge is 0.315 e. The summed E-state index contributed by atoms with van der Waals surface area (Å²) >= 11 is 0. The van der Waals surface area contributed by atoms with Crippen molar-refractivity contribution in [3.8, 4) is 6.07 Å². The first kappa shape index (κ1) is 7.98. The van der Waals surface area contributed by atoms with Crippen LogP contribution in [0, 0.1) is 17.9 Å². The second-order valence-corrected chi connectivity index (χ2v) is 1.96. The van der Waals surface area contributed by atoms with E-state index in [1.165, 1.54) is 0 Å². The number of hydrogen-bond donors (Lipinski definition) is 0. The molecule has 0 atom stereocenters. The Hall–Kier alpha value is -1.02. The zero-order chi connectivity index (χ0) is 7.33. The van der Waals surface area contributed by atoms with Gasteiger partial charge in [0.2, 0.25) is 0 Å². The summed E-state index contributed by atoms with van der Waals surface area (Å²) in [5.74, 6) is 0. The monoisotopic (exact) mass is 122 g/mol. The van der Waals surface area contributed by atoms with Gasteiger partial charge in [-0.2, -0.15) is 5.26 Å². The van der Waals surface area contributed by atoms with Crippen molar-refractivity contribution in [3.63, 3.8) is 0 Å². The molecule has 48 valence electrons. The fraction of sp³-hybridized carbons (Fsp3) is 0.714. The summed E-state index contributed by atoms with van der Waals surface area (Å²) in [6.45, 7) is 10.4. The van der Waals surface area contributed by atoms with Crippen LogP contribution in [0.25, 0.3) is 4.85 Å². The number of hydrogen-bond acceptors (Lipinski definition) is 1. The molecule has 0 aliphatic carbocycles. The third-order valence-corrected chi connectivity index (χ3v) is 1.59. The van der Waals surface area contributed by atoms with Crippen LogP contribution in [0.1, 0.15) is 26.7 Å². The van der Waals surface area contributed by atoms with E-state index in [9.17, 15) is 0 Å². The SMILES string of the molecule is [C-]#[N+]C(C#N)(CC)CC. The normalized spacial score (nSPS) is 9.78. The molecule has 2 heteroatoms. The molecule has 0 bridgehead atoms. The molecular formula is C7H10N2. The van der Waals surface area contributed by atoms with Crippen molar-refractivity contribution in [1.29, 1.82) is 5.26 Å². The highest BCUT2D eigenvalue weighted by atomic mass is 14.8. The number of nitriles is 1. The van der Waals surface area contributed by atoms with Crippen LogP contribution < -0.4 is 0 Å². The topological polar surface area (TPSA) is 28.1 Å². The van der Waals surface area contributed by atoms with E-state index in [0.717, 1.165) is 0 Å². The van der Waals surface area contributed by atoms with Crippen molar-refractivity contribution in [2.75, 3.05) is 0 Å². The molecule has 9 heavy (non-hydrogen) atoms. The van der Waals surface area contributed by atoms with Crippen LogP contribution in [-0.2, 0) is 0 Å². The lowest BCUT2D eigenvalue weighted by atomic mass is 9.96. The van der Waals surface area contributed by atoms with Crippen LogP contribution in [0.4, 0.5) is 0 Å². The van der Waals surface area contributed by atoms with Crippen molar-refractivity contribution in [3.05, 3.63) is 11.4 Å². The Kier molecular flexibility index (Phi) is 2.74. The van der Waals surface area contributed by atoms with Gasteiger partial charge in [0.1, 0.15) is 0 Å². The van der Waals surface area contributed by atoms with Gasteiger partial charge in [0.15, 0.2) is 6.07 Å². The van der Waals surface area contributed by atoms with Crippen LogP contribution >= 0.6 is 0 Å². The minimum Gasteiger partial charge on any atom is -0.294 e. The van der Waals surface area contributed by atoms with Crippen LogP contribution in [0.15, 0.2) is 0 Å². The van der Waals surface area contributed by atoms with Crippen LogP contribution in [0.5, 0.6) is 0 Å². The molecule has 0 aromatic heterocycles. The molecule has 0 spiro atoms. The zero-order valence-electron chi connectivity index (χ0n) is 5.81. The molecule has 0 fully saturated rings. The van der Waals surface area contributed by atoms with E-state index < -0.39 is 5.54 Å². The van der Waals surface area contributed by atoms with Gasteiger partial charge in [-0.05, 0) is 0 Å². The van der Waals surface area contributed by atoms with Gasteiger partial charge < -0.3 is 0 Å². The smallest absolute Gasteiger partial charge is 0.294 e. The Bertz CT molecular complexity index is 139. The van der Waals surface area contributed by atoms with Crippen molar-refractivity contribution in [2.24, 2.45) is 0 Å². The van der Waals surface area contributed by atoms with E-state index in [1.54, 1.807) is 0 Å². The zero-order valence-corrected chi connectivity index (χ0v) is 5.81. The molecule has 0 aromatic rings. The van der Waals surface area contributed by atoms with Crippen molar-refractivity contribution in [2.45, 2.75) is 32.2 Å². The summed E-state index contributed by atoms with van der Waals surface area (Å²) in [5, 5.41) is 8.51. The highest BCUT2D eigenvalue weighted by Crippen LogP contribution is 2.18. The first-order valence-corrected chi connectivity index (χ1v) is 3.04. The Labute approximate surface area is 55.9 Å². The first-order valence-electron chi connectivity index (χ1n) is 3.04. The van der Waals surface area contributed by atoms with E-state index in [4.69, 9.17) is 11.8 Å². The maximum absolute atomic E-state index is 8.51. The number of nitrogens with zero attached hydrogens (tertiary/aromatic N) is 2. The predicted octanol–water partition coefficient (Wildman–Crippen LogP) is 1.99. The fourth-order valence-corrected chi connectivity index (χ4v) is 0.591. The summed E-state index contributed by atoms with van der Waals surface area (Å²) < 4.78 is 0. The molecule has 0 unspecified atom stereocenters. The molecule has 0 saturated carbocycles. The lowest BCUT2D eigenvalue weighted by Gasteiger charge is -2.06. The molecule has 0 heterocycles. The molecule has 2 nitrogen and oxygen atoms in total. The first-order chi connectivity index (χ1) is 4.24. The Morgan fingerprint density at radius 2 is 2.00 bits per heavy atom. The summed E-state index contributed by atoms with van der Waals surface area (Å²) in [6, 6.07) is 2.01. The molecule has 0 radical (unpaired) electrons.